The summed E-state index contributed by atoms with van der Waals surface area (Å²) in [6.45, 7) is -0.0173. The van der Waals surface area contributed by atoms with Crippen molar-refractivity contribution in [3.05, 3.63) is 24.3 Å². The molecule has 0 aliphatic carbocycles. The summed E-state index contributed by atoms with van der Waals surface area (Å²) in [6, 6.07) is 6.76. The second kappa shape index (κ2) is 5.18. The van der Waals surface area contributed by atoms with Gasteiger partial charge in [-0.3, -0.25) is 8.98 Å². The first-order valence-electron chi connectivity index (χ1n) is 5.71. The Morgan fingerprint density at radius 3 is 2.42 bits per heavy atom. The molecule has 6 nitrogen and oxygen atoms in total. The second-order valence-corrected chi connectivity index (χ2v) is 5.95. The van der Waals surface area contributed by atoms with Gasteiger partial charge in [0.25, 0.3) is 10.1 Å². The second-order valence-electron chi connectivity index (χ2n) is 4.31. The van der Waals surface area contributed by atoms with Gasteiger partial charge in [-0.25, -0.2) is 0 Å². The van der Waals surface area contributed by atoms with Crippen molar-refractivity contribution >= 4 is 21.7 Å². The van der Waals surface area contributed by atoms with Crippen molar-refractivity contribution in [3.63, 3.8) is 0 Å². The molecule has 1 unspecified atom stereocenters. The lowest BCUT2D eigenvalue weighted by molar-refractivity contribution is -0.124. The fourth-order valence-corrected chi connectivity index (χ4v) is 2.32. The normalized spacial score (nSPS) is 19.2. The third-order valence-electron chi connectivity index (χ3n) is 2.87. The van der Waals surface area contributed by atoms with E-state index in [1.807, 2.05) is 0 Å². The molecule has 7 heteroatoms. The van der Waals surface area contributed by atoms with Crippen molar-refractivity contribution in [1.82, 2.24) is 0 Å². The standard InChI is InChI=1S/C12H15NO5S/c1-17-11-5-3-9(4-6-11)13-10(7-12(13)14)8-18-19(2,15)16/h3-6,10H,7-8H2,1-2H3. The summed E-state index contributed by atoms with van der Waals surface area (Å²) in [5, 5.41) is 0. The minimum absolute atomic E-state index is 0.0173. The number of anilines is 1. The Balaban J connectivity index is 2.06. The molecule has 1 aromatic carbocycles. The van der Waals surface area contributed by atoms with Crippen LogP contribution >= 0.6 is 0 Å². The fraction of sp³-hybridized carbons (Fsp3) is 0.417. The predicted molar refractivity (Wildman–Crippen MR) is 69.7 cm³/mol. The predicted octanol–water partition coefficient (Wildman–Crippen LogP) is 0.777. The van der Waals surface area contributed by atoms with Gasteiger partial charge < -0.3 is 9.64 Å². The molecule has 104 valence electrons. The summed E-state index contributed by atoms with van der Waals surface area (Å²) in [6.07, 6.45) is 1.28. The van der Waals surface area contributed by atoms with Crippen molar-refractivity contribution in [1.29, 1.82) is 0 Å². The number of carbonyl (C=O) groups is 1. The minimum Gasteiger partial charge on any atom is -0.497 e. The van der Waals surface area contributed by atoms with E-state index in [0.29, 0.717) is 17.9 Å². The molecular formula is C12H15NO5S. The highest BCUT2D eigenvalue weighted by atomic mass is 32.2. The Labute approximate surface area is 112 Å². The zero-order chi connectivity index (χ0) is 14.0. The first-order chi connectivity index (χ1) is 8.90. The number of β-lactam (4-membered cyclic amide) rings is 1. The molecule has 1 fully saturated rings. The Morgan fingerprint density at radius 1 is 1.32 bits per heavy atom. The van der Waals surface area contributed by atoms with E-state index >= 15 is 0 Å². The molecule has 1 aromatic rings. The van der Waals surface area contributed by atoms with Crippen LogP contribution in [-0.4, -0.2) is 40.3 Å². The van der Waals surface area contributed by atoms with Gasteiger partial charge in [0.05, 0.1) is 32.4 Å². The lowest BCUT2D eigenvalue weighted by Crippen LogP contribution is -2.55. The Bertz CT molecular complexity index is 566. The fourth-order valence-electron chi connectivity index (χ4n) is 1.92. The average Bonchev–Trinajstić information content (AvgIpc) is 2.34. The van der Waals surface area contributed by atoms with Crippen LogP contribution in [-0.2, 0) is 19.1 Å². The average molecular weight is 285 g/mol. The van der Waals surface area contributed by atoms with E-state index in [1.54, 1.807) is 31.4 Å². The quantitative estimate of drug-likeness (QED) is 0.590. The highest BCUT2D eigenvalue weighted by molar-refractivity contribution is 7.85. The first kappa shape index (κ1) is 13.8. The number of methoxy groups -OCH3 is 1. The summed E-state index contributed by atoms with van der Waals surface area (Å²) < 4.78 is 31.7. The third kappa shape index (κ3) is 3.24. The van der Waals surface area contributed by atoms with Gasteiger partial charge in [-0.2, -0.15) is 8.42 Å². The summed E-state index contributed by atoms with van der Waals surface area (Å²) in [4.78, 5) is 13.1. The van der Waals surface area contributed by atoms with Gasteiger partial charge in [0.2, 0.25) is 5.91 Å². The molecule has 1 atom stereocenters. The molecule has 0 bridgehead atoms. The molecule has 0 saturated carbocycles. The SMILES string of the molecule is COc1ccc(N2C(=O)CC2COS(C)(=O)=O)cc1. The van der Waals surface area contributed by atoms with Crippen molar-refractivity contribution in [3.8, 4) is 5.75 Å². The molecule has 0 radical (unpaired) electrons. The monoisotopic (exact) mass is 285 g/mol. The maximum absolute atomic E-state index is 11.6. The van der Waals surface area contributed by atoms with Crippen LogP contribution in [0.3, 0.4) is 0 Å². The van der Waals surface area contributed by atoms with Crippen LogP contribution < -0.4 is 9.64 Å². The van der Waals surface area contributed by atoms with E-state index < -0.39 is 10.1 Å². The Morgan fingerprint density at radius 2 is 1.95 bits per heavy atom. The van der Waals surface area contributed by atoms with E-state index in [4.69, 9.17) is 8.92 Å². The number of ether oxygens (including phenoxy) is 1. The van der Waals surface area contributed by atoms with Crippen molar-refractivity contribution in [2.75, 3.05) is 24.9 Å². The van der Waals surface area contributed by atoms with Crippen molar-refractivity contribution in [2.24, 2.45) is 0 Å². The Kier molecular flexibility index (Phi) is 3.77. The van der Waals surface area contributed by atoms with Crippen LogP contribution in [0.1, 0.15) is 6.42 Å². The molecule has 1 saturated heterocycles. The number of nitrogens with zero attached hydrogens (tertiary/aromatic N) is 1. The zero-order valence-corrected chi connectivity index (χ0v) is 11.5. The largest absolute Gasteiger partial charge is 0.497 e. The molecule has 19 heavy (non-hydrogen) atoms. The highest BCUT2D eigenvalue weighted by Crippen LogP contribution is 2.29. The molecular weight excluding hydrogens is 270 g/mol. The van der Waals surface area contributed by atoms with E-state index in [1.165, 1.54) is 4.90 Å². The number of hydrogen-bond acceptors (Lipinski definition) is 5. The number of carbonyl (C=O) groups excluding carboxylic acids is 1. The van der Waals surface area contributed by atoms with E-state index in [-0.39, 0.29) is 18.6 Å². The van der Waals surface area contributed by atoms with Crippen LogP contribution in [0.15, 0.2) is 24.3 Å². The van der Waals surface area contributed by atoms with Gasteiger partial charge in [-0.05, 0) is 24.3 Å². The lowest BCUT2D eigenvalue weighted by atomic mass is 10.0. The number of benzene rings is 1. The molecule has 0 N–H and O–H groups in total. The topological polar surface area (TPSA) is 72.9 Å². The summed E-state index contributed by atoms with van der Waals surface area (Å²) in [5.41, 5.74) is 0.708. The molecule has 0 aromatic heterocycles. The smallest absolute Gasteiger partial charge is 0.264 e. The van der Waals surface area contributed by atoms with Crippen LogP contribution in [0.2, 0.25) is 0 Å². The van der Waals surface area contributed by atoms with E-state index in [0.717, 1.165) is 6.26 Å². The third-order valence-corrected chi connectivity index (χ3v) is 3.43. The van der Waals surface area contributed by atoms with Gasteiger partial charge in [0, 0.05) is 5.69 Å². The van der Waals surface area contributed by atoms with Crippen molar-refractivity contribution < 1.29 is 22.1 Å². The van der Waals surface area contributed by atoms with Crippen LogP contribution in [0.25, 0.3) is 0 Å². The van der Waals surface area contributed by atoms with Gasteiger partial charge in [-0.15, -0.1) is 0 Å². The maximum Gasteiger partial charge on any atom is 0.264 e. The molecule has 1 amide bonds. The van der Waals surface area contributed by atoms with E-state index in [2.05, 4.69) is 0 Å². The minimum atomic E-state index is -3.49. The molecule has 0 spiro atoms. The van der Waals surface area contributed by atoms with Gasteiger partial charge in [-0.1, -0.05) is 0 Å². The van der Waals surface area contributed by atoms with Gasteiger partial charge >= 0.3 is 0 Å². The van der Waals surface area contributed by atoms with Gasteiger partial charge in [0.15, 0.2) is 0 Å². The first-order valence-corrected chi connectivity index (χ1v) is 7.53. The van der Waals surface area contributed by atoms with Crippen LogP contribution in [0.4, 0.5) is 5.69 Å². The summed E-state index contributed by atoms with van der Waals surface area (Å²) in [5.74, 6) is 0.646. The van der Waals surface area contributed by atoms with Crippen molar-refractivity contribution in [2.45, 2.75) is 12.5 Å². The molecule has 1 aliphatic heterocycles. The molecule has 1 aliphatic rings. The molecule has 2 rings (SSSR count). The van der Waals surface area contributed by atoms with Crippen LogP contribution in [0.5, 0.6) is 5.75 Å². The number of amides is 1. The molecule has 1 heterocycles. The maximum atomic E-state index is 11.6. The summed E-state index contributed by atoms with van der Waals surface area (Å²) in [7, 11) is -1.93. The Hall–Kier alpha value is -1.60. The lowest BCUT2D eigenvalue weighted by Gasteiger charge is -2.39. The number of rotatable bonds is 5. The van der Waals surface area contributed by atoms with E-state index in [9.17, 15) is 13.2 Å². The van der Waals surface area contributed by atoms with Gasteiger partial charge in [0.1, 0.15) is 5.75 Å². The number of hydrogen-bond donors (Lipinski definition) is 0. The summed E-state index contributed by atoms with van der Waals surface area (Å²) >= 11 is 0. The highest BCUT2D eigenvalue weighted by Gasteiger charge is 2.37. The van der Waals surface area contributed by atoms with Crippen LogP contribution in [0, 0.1) is 0 Å². The zero-order valence-electron chi connectivity index (χ0n) is 10.7.